The topological polar surface area (TPSA) is 96.2 Å². The van der Waals surface area contributed by atoms with Gasteiger partial charge in [-0.05, 0) is 57.7 Å². The molecule has 6 nitrogen and oxygen atoms in total. The maximum Gasteiger partial charge on any atom is 0.319 e. The number of anilines is 1. The maximum atomic E-state index is 12.3. The maximum absolute atomic E-state index is 12.3. The summed E-state index contributed by atoms with van der Waals surface area (Å²) < 4.78 is 0. The lowest BCUT2D eigenvalue weighted by atomic mass is 9.91. The molecule has 1 aliphatic rings. The minimum atomic E-state index is -0.279. The largest absolute Gasteiger partial charge is 0.349 e. The number of carbonyl (C=O) groups is 2. The Morgan fingerprint density at radius 1 is 1.17 bits per heavy atom. The second-order valence-electron chi connectivity index (χ2n) is 6.42. The van der Waals surface area contributed by atoms with Crippen molar-refractivity contribution in [3.63, 3.8) is 0 Å². The Bertz CT molecular complexity index is 557. The van der Waals surface area contributed by atoms with Crippen molar-refractivity contribution in [2.75, 3.05) is 5.32 Å². The zero-order valence-electron chi connectivity index (χ0n) is 14.2. The third-order valence-corrected chi connectivity index (χ3v) is 3.91. The van der Waals surface area contributed by atoms with E-state index < -0.39 is 0 Å². The zero-order valence-corrected chi connectivity index (χ0v) is 15.0. The third-order valence-electron chi connectivity index (χ3n) is 3.91. The van der Waals surface area contributed by atoms with Crippen molar-refractivity contribution in [1.82, 2.24) is 10.6 Å². The standard InChI is InChI=1S/C17H26N4O2.ClH/c1-11(2)19-17(23)21-15-5-3-4-12(10-15)16(22)20-14-8-6-13(18)7-9-14;/h3-5,10-11,13-14H,6-9,18H2,1-2H3,(H,20,22)(H2,19,21,23);1H. The lowest BCUT2D eigenvalue weighted by Gasteiger charge is -2.26. The summed E-state index contributed by atoms with van der Waals surface area (Å²) in [5.41, 5.74) is 7.02. The molecule has 1 aromatic carbocycles. The Labute approximate surface area is 149 Å². The molecule has 1 aliphatic carbocycles. The Morgan fingerprint density at radius 2 is 1.83 bits per heavy atom. The normalized spacial score (nSPS) is 20.0. The van der Waals surface area contributed by atoms with Crippen molar-refractivity contribution in [2.24, 2.45) is 5.73 Å². The highest BCUT2D eigenvalue weighted by molar-refractivity contribution is 5.97. The monoisotopic (exact) mass is 354 g/mol. The molecule has 1 aromatic rings. The molecule has 0 radical (unpaired) electrons. The van der Waals surface area contributed by atoms with Gasteiger partial charge in [0, 0.05) is 29.4 Å². The fraction of sp³-hybridized carbons (Fsp3) is 0.529. The lowest BCUT2D eigenvalue weighted by molar-refractivity contribution is 0.0926. The summed E-state index contributed by atoms with van der Waals surface area (Å²) in [6, 6.07) is 7.17. The predicted molar refractivity (Wildman–Crippen MR) is 98.7 cm³/mol. The Kier molecular flexibility index (Phi) is 8.01. The number of halogens is 1. The van der Waals surface area contributed by atoms with Gasteiger partial charge in [-0.3, -0.25) is 4.79 Å². The van der Waals surface area contributed by atoms with E-state index in [1.807, 2.05) is 13.8 Å². The van der Waals surface area contributed by atoms with Crippen molar-refractivity contribution in [3.05, 3.63) is 29.8 Å². The minimum absolute atomic E-state index is 0. The van der Waals surface area contributed by atoms with Crippen molar-refractivity contribution >= 4 is 30.0 Å². The van der Waals surface area contributed by atoms with Gasteiger partial charge in [0.05, 0.1) is 0 Å². The van der Waals surface area contributed by atoms with Crippen LogP contribution in [0.1, 0.15) is 49.9 Å². The fourth-order valence-electron chi connectivity index (χ4n) is 2.70. The van der Waals surface area contributed by atoms with Crippen LogP contribution in [0, 0.1) is 0 Å². The smallest absolute Gasteiger partial charge is 0.319 e. The van der Waals surface area contributed by atoms with Crippen molar-refractivity contribution < 1.29 is 9.59 Å². The molecule has 0 heterocycles. The molecule has 7 heteroatoms. The van der Waals surface area contributed by atoms with E-state index in [4.69, 9.17) is 5.73 Å². The van der Waals surface area contributed by atoms with Crippen LogP contribution in [0.3, 0.4) is 0 Å². The molecule has 1 saturated carbocycles. The van der Waals surface area contributed by atoms with E-state index in [0.29, 0.717) is 11.3 Å². The fourth-order valence-corrected chi connectivity index (χ4v) is 2.70. The molecular weight excluding hydrogens is 328 g/mol. The first kappa shape index (κ1) is 20.3. The molecule has 0 saturated heterocycles. The number of nitrogens with two attached hydrogens (primary N) is 1. The average molecular weight is 355 g/mol. The summed E-state index contributed by atoms with van der Waals surface area (Å²) in [4.78, 5) is 24.1. The first-order valence-electron chi connectivity index (χ1n) is 8.18. The molecule has 0 bridgehead atoms. The number of urea groups is 1. The minimum Gasteiger partial charge on any atom is -0.349 e. The van der Waals surface area contributed by atoms with Gasteiger partial charge < -0.3 is 21.7 Å². The Morgan fingerprint density at radius 3 is 2.46 bits per heavy atom. The van der Waals surface area contributed by atoms with E-state index in [9.17, 15) is 9.59 Å². The van der Waals surface area contributed by atoms with E-state index in [1.54, 1.807) is 24.3 Å². The van der Waals surface area contributed by atoms with Gasteiger partial charge in [0.1, 0.15) is 0 Å². The van der Waals surface area contributed by atoms with E-state index in [0.717, 1.165) is 25.7 Å². The molecule has 5 N–H and O–H groups in total. The molecule has 24 heavy (non-hydrogen) atoms. The van der Waals surface area contributed by atoms with Gasteiger partial charge in [0.15, 0.2) is 0 Å². The number of hydrogen-bond acceptors (Lipinski definition) is 3. The van der Waals surface area contributed by atoms with Crippen LogP contribution in [-0.4, -0.2) is 30.1 Å². The first-order valence-corrected chi connectivity index (χ1v) is 8.18. The van der Waals surface area contributed by atoms with Crippen LogP contribution in [0.15, 0.2) is 24.3 Å². The molecule has 3 amide bonds. The van der Waals surface area contributed by atoms with E-state index in [2.05, 4.69) is 16.0 Å². The zero-order chi connectivity index (χ0) is 16.8. The summed E-state index contributed by atoms with van der Waals surface area (Å²) in [6.07, 6.45) is 3.73. The molecule has 0 aromatic heterocycles. The van der Waals surface area contributed by atoms with E-state index in [-0.39, 0.29) is 42.5 Å². The number of rotatable bonds is 4. The second-order valence-corrected chi connectivity index (χ2v) is 6.42. The van der Waals surface area contributed by atoms with Gasteiger partial charge in [0.25, 0.3) is 5.91 Å². The average Bonchev–Trinajstić information content (AvgIpc) is 2.49. The summed E-state index contributed by atoms with van der Waals surface area (Å²) in [6.45, 7) is 3.78. The van der Waals surface area contributed by atoms with Gasteiger partial charge in [-0.2, -0.15) is 0 Å². The van der Waals surface area contributed by atoms with Gasteiger partial charge >= 0.3 is 6.03 Å². The van der Waals surface area contributed by atoms with Crippen LogP contribution in [0.4, 0.5) is 10.5 Å². The highest BCUT2D eigenvalue weighted by Gasteiger charge is 2.20. The SMILES string of the molecule is CC(C)NC(=O)Nc1cccc(C(=O)NC2CCC(N)CC2)c1.Cl. The molecule has 2 rings (SSSR count). The predicted octanol–water partition coefficient (Wildman–Crippen LogP) is 2.64. The van der Waals surface area contributed by atoms with E-state index >= 15 is 0 Å². The number of amides is 3. The molecular formula is C17H27ClN4O2. The summed E-state index contributed by atoms with van der Waals surface area (Å²) in [5.74, 6) is -0.113. The number of benzene rings is 1. The van der Waals surface area contributed by atoms with Gasteiger partial charge in [-0.15, -0.1) is 12.4 Å². The number of hydrogen-bond donors (Lipinski definition) is 4. The van der Waals surface area contributed by atoms with Crippen molar-refractivity contribution in [1.29, 1.82) is 0 Å². The molecule has 1 fully saturated rings. The van der Waals surface area contributed by atoms with Crippen LogP contribution < -0.4 is 21.7 Å². The second kappa shape index (κ2) is 9.49. The molecule has 0 spiro atoms. The molecule has 134 valence electrons. The third kappa shape index (κ3) is 6.37. The molecule has 0 unspecified atom stereocenters. The van der Waals surface area contributed by atoms with Crippen molar-refractivity contribution in [2.45, 2.75) is 57.7 Å². The Balaban J connectivity index is 0.00000288. The molecule has 0 aliphatic heterocycles. The Hall–Kier alpha value is -1.79. The van der Waals surface area contributed by atoms with Crippen LogP contribution in [0.5, 0.6) is 0 Å². The van der Waals surface area contributed by atoms with Crippen LogP contribution in [0.2, 0.25) is 0 Å². The lowest BCUT2D eigenvalue weighted by Crippen LogP contribution is -2.40. The summed E-state index contributed by atoms with van der Waals surface area (Å²) >= 11 is 0. The van der Waals surface area contributed by atoms with Gasteiger partial charge in [0.2, 0.25) is 0 Å². The molecule has 0 atom stereocenters. The van der Waals surface area contributed by atoms with Crippen molar-refractivity contribution in [3.8, 4) is 0 Å². The van der Waals surface area contributed by atoms with Crippen LogP contribution in [-0.2, 0) is 0 Å². The summed E-state index contributed by atoms with van der Waals surface area (Å²) in [7, 11) is 0. The van der Waals surface area contributed by atoms with Gasteiger partial charge in [-0.25, -0.2) is 4.79 Å². The van der Waals surface area contributed by atoms with Crippen LogP contribution >= 0.6 is 12.4 Å². The highest BCUT2D eigenvalue weighted by Crippen LogP contribution is 2.18. The number of nitrogens with one attached hydrogen (secondary N) is 3. The quantitative estimate of drug-likeness (QED) is 0.669. The first-order chi connectivity index (χ1) is 10.9. The van der Waals surface area contributed by atoms with Crippen LogP contribution in [0.25, 0.3) is 0 Å². The highest BCUT2D eigenvalue weighted by atomic mass is 35.5. The van der Waals surface area contributed by atoms with E-state index in [1.165, 1.54) is 0 Å². The van der Waals surface area contributed by atoms with Gasteiger partial charge in [-0.1, -0.05) is 6.07 Å². The summed E-state index contributed by atoms with van der Waals surface area (Å²) in [5, 5.41) is 8.52. The number of carbonyl (C=O) groups excluding carboxylic acids is 2.